The standard InChI is InChI=1S/C11H16N2O2/c1-4-11(2,3)13-9-8(10(14)15)6-5-7-12-9/h5-7H,4H2,1-3H3,(H,12,13)(H,14,15). The highest BCUT2D eigenvalue weighted by molar-refractivity contribution is 5.93. The Kier molecular flexibility index (Phi) is 3.29. The average molecular weight is 208 g/mol. The molecule has 0 spiro atoms. The second-order valence-corrected chi connectivity index (χ2v) is 4.07. The molecule has 4 heteroatoms. The summed E-state index contributed by atoms with van der Waals surface area (Å²) in [7, 11) is 0. The lowest BCUT2D eigenvalue weighted by molar-refractivity contribution is 0.0697. The maximum atomic E-state index is 10.9. The number of aromatic nitrogens is 1. The Balaban J connectivity index is 2.99. The van der Waals surface area contributed by atoms with E-state index in [1.807, 2.05) is 20.8 Å². The monoisotopic (exact) mass is 208 g/mol. The molecule has 0 aliphatic heterocycles. The van der Waals surface area contributed by atoms with Crippen molar-refractivity contribution in [3.05, 3.63) is 23.9 Å². The zero-order chi connectivity index (χ0) is 11.5. The first kappa shape index (κ1) is 11.5. The molecule has 0 amide bonds. The van der Waals surface area contributed by atoms with Crippen molar-refractivity contribution in [2.75, 3.05) is 5.32 Å². The number of carboxylic acid groups (broad SMARTS) is 1. The number of hydrogen-bond acceptors (Lipinski definition) is 3. The molecule has 4 nitrogen and oxygen atoms in total. The molecule has 82 valence electrons. The molecular weight excluding hydrogens is 192 g/mol. The Morgan fingerprint density at radius 3 is 2.80 bits per heavy atom. The minimum absolute atomic E-state index is 0.154. The molecule has 0 atom stereocenters. The van der Waals surface area contributed by atoms with Gasteiger partial charge in [0.15, 0.2) is 0 Å². The number of nitrogens with zero attached hydrogens (tertiary/aromatic N) is 1. The maximum Gasteiger partial charge on any atom is 0.339 e. The number of rotatable bonds is 4. The molecule has 0 radical (unpaired) electrons. The minimum Gasteiger partial charge on any atom is -0.478 e. The molecule has 0 saturated heterocycles. The van der Waals surface area contributed by atoms with Crippen LogP contribution in [0.3, 0.4) is 0 Å². The predicted molar refractivity (Wildman–Crippen MR) is 59.2 cm³/mol. The topological polar surface area (TPSA) is 62.2 Å². The van der Waals surface area contributed by atoms with E-state index in [1.54, 1.807) is 18.3 Å². The summed E-state index contributed by atoms with van der Waals surface area (Å²) in [6.45, 7) is 6.05. The van der Waals surface area contributed by atoms with Gasteiger partial charge >= 0.3 is 5.97 Å². The van der Waals surface area contributed by atoms with Gasteiger partial charge in [-0.1, -0.05) is 6.92 Å². The number of hydrogen-bond donors (Lipinski definition) is 2. The number of nitrogens with one attached hydrogen (secondary N) is 1. The van der Waals surface area contributed by atoms with Gasteiger partial charge in [0.05, 0.1) is 0 Å². The summed E-state index contributed by atoms with van der Waals surface area (Å²) < 4.78 is 0. The molecule has 1 aromatic heterocycles. The van der Waals surface area contributed by atoms with Crippen LogP contribution in [-0.4, -0.2) is 21.6 Å². The van der Waals surface area contributed by atoms with Gasteiger partial charge in [-0.2, -0.15) is 0 Å². The highest BCUT2D eigenvalue weighted by Crippen LogP contribution is 2.19. The van der Waals surface area contributed by atoms with Gasteiger partial charge in [-0.05, 0) is 32.4 Å². The molecule has 0 fully saturated rings. The lowest BCUT2D eigenvalue weighted by Crippen LogP contribution is -2.31. The largest absolute Gasteiger partial charge is 0.478 e. The van der Waals surface area contributed by atoms with E-state index >= 15 is 0 Å². The van der Waals surface area contributed by atoms with Crippen molar-refractivity contribution in [1.82, 2.24) is 4.98 Å². The summed E-state index contributed by atoms with van der Waals surface area (Å²) in [6, 6.07) is 3.16. The van der Waals surface area contributed by atoms with Gasteiger partial charge < -0.3 is 10.4 Å². The Labute approximate surface area is 89.3 Å². The molecule has 0 unspecified atom stereocenters. The molecule has 15 heavy (non-hydrogen) atoms. The molecular formula is C11H16N2O2. The second-order valence-electron chi connectivity index (χ2n) is 4.07. The van der Waals surface area contributed by atoms with Crippen LogP contribution >= 0.6 is 0 Å². The van der Waals surface area contributed by atoms with Gasteiger partial charge in [-0.25, -0.2) is 9.78 Å². The lowest BCUT2D eigenvalue weighted by Gasteiger charge is -2.25. The number of pyridine rings is 1. The van der Waals surface area contributed by atoms with Gasteiger partial charge in [0, 0.05) is 11.7 Å². The fourth-order valence-corrected chi connectivity index (χ4v) is 1.09. The molecule has 0 aliphatic carbocycles. The Bertz CT molecular complexity index is 361. The van der Waals surface area contributed by atoms with E-state index in [9.17, 15) is 4.79 Å². The molecule has 0 bridgehead atoms. The number of anilines is 1. The van der Waals surface area contributed by atoms with Gasteiger partial charge in [0.25, 0.3) is 0 Å². The van der Waals surface area contributed by atoms with Crippen LogP contribution in [0.15, 0.2) is 18.3 Å². The summed E-state index contributed by atoms with van der Waals surface area (Å²) in [5.74, 6) is -0.533. The van der Waals surface area contributed by atoms with E-state index < -0.39 is 5.97 Å². The Morgan fingerprint density at radius 1 is 1.60 bits per heavy atom. The van der Waals surface area contributed by atoms with Crippen LogP contribution in [0.2, 0.25) is 0 Å². The smallest absolute Gasteiger partial charge is 0.339 e. The van der Waals surface area contributed by atoms with Crippen LogP contribution in [0.25, 0.3) is 0 Å². The molecule has 1 aromatic rings. The first-order chi connectivity index (χ1) is 6.96. The van der Waals surface area contributed by atoms with Crippen molar-refractivity contribution in [2.45, 2.75) is 32.7 Å². The summed E-state index contributed by atoms with van der Waals surface area (Å²) in [5.41, 5.74) is 0.0532. The summed E-state index contributed by atoms with van der Waals surface area (Å²) in [5, 5.41) is 12.1. The third-order valence-corrected chi connectivity index (χ3v) is 2.38. The summed E-state index contributed by atoms with van der Waals surface area (Å²) >= 11 is 0. The summed E-state index contributed by atoms with van der Waals surface area (Å²) in [6.07, 6.45) is 2.48. The van der Waals surface area contributed by atoms with Crippen molar-refractivity contribution in [3.63, 3.8) is 0 Å². The highest BCUT2D eigenvalue weighted by atomic mass is 16.4. The number of carbonyl (C=O) groups is 1. The Hall–Kier alpha value is -1.58. The van der Waals surface area contributed by atoms with E-state index in [0.29, 0.717) is 5.82 Å². The van der Waals surface area contributed by atoms with Crippen molar-refractivity contribution < 1.29 is 9.90 Å². The SMILES string of the molecule is CCC(C)(C)Nc1ncccc1C(=O)O. The number of carboxylic acids is 1. The van der Waals surface area contributed by atoms with Crippen LogP contribution in [0.5, 0.6) is 0 Å². The van der Waals surface area contributed by atoms with E-state index in [-0.39, 0.29) is 11.1 Å². The minimum atomic E-state index is -0.961. The average Bonchev–Trinajstić information content (AvgIpc) is 2.18. The number of aromatic carboxylic acids is 1. The van der Waals surface area contributed by atoms with Crippen LogP contribution in [-0.2, 0) is 0 Å². The first-order valence-electron chi connectivity index (χ1n) is 4.93. The molecule has 0 saturated carbocycles. The zero-order valence-corrected chi connectivity index (χ0v) is 9.24. The van der Waals surface area contributed by atoms with Gasteiger partial charge in [0.1, 0.15) is 11.4 Å². The van der Waals surface area contributed by atoms with E-state index in [4.69, 9.17) is 5.11 Å². The molecule has 1 heterocycles. The van der Waals surface area contributed by atoms with Crippen molar-refractivity contribution in [3.8, 4) is 0 Å². The lowest BCUT2D eigenvalue weighted by atomic mass is 10.0. The van der Waals surface area contributed by atoms with Gasteiger partial charge in [0.2, 0.25) is 0 Å². The summed E-state index contributed by atoms with van der Waals surface area (Å²) in [4.78, 5) is 15.0. The Morgan fingerprint density at radius 2 is 2.27 bits per heavy atom. The maximum absolute atomic E-state index is 10.9. The highest BCUT2D eigenvalue weighted by Gasteiger charge is 2.18. The molecule has 0 aromatic carbocycles. The van der Waals surface area contributed by atoms with Gasteiger partial charge in [-0.3, -0.25) is 0 Å². The third kappa shape index (κ3) is 2.94. The van der Waals surface area contributed by atoms with Crippen LogP contribution < -0.4 is 5.32 Å². The quantitative estimate of drug-likeness (QED) is 0.797. The fourth-order valence-electron chi connectivity index (χ4n) is 1.09. The molecule has 0 aliphatic rings. The van der Waals surface area contributed by atoms with Crippen LogP contribution in [0.1, 0.15) is 37.6 Å². The zero-order valence-electron chi connectivity index (χ0n) is 9.24. The second kappa shape index (κ2) is 4.29. The van der Waals surface area contributed by atoms with E-state index in [1.165, 1.54) is 0 Å². The normalized spacial score (nSPS) is 11.1. The fraction of sp³-hybridized carbons (Fsp3) is 0.455. The van der Waals surface area contributed by atoms with Crippen LogP contribution in [0, 0.1) is 0 Å². The predicted octanol–water partition coefficient (Wildman–Crippen LogP) is 2.38. The van der Waals surface area contributed by atoms with Crippen LogP contribution in [0.4, 0.5) is 5.82 Å². The molecule has 1 rings (SSSR count). The van der Waals surface area contributed by atoms with Crippen molar-refractivity contribution in [1.29, 1.82) is 0 Å². The van der Waals surface area contributed by atoms with E-state index in [2.05, 4.69) is 10.3 Å². The third-order valence-electron chi connectivity index (χ3n) is 2.38. The van der Waals surface area contributed by atoms with Gasteiger partial charge in [-0.15, -0.1) is 0 Å². The van der Waals surface area contributed by atoms with Crippen molar-refractivity contribution in [2.24, 2.45) is 0 Å². The van der Waals surface area contributed by atoms with Crippen molar-refractivity contribution >= 4 is 11.8 Å². The molecule has 2 N–H and O–H groups in total. The first-order valence-corrected chi connectivity index (χ1v) is 4.93. The van der Waals surface area contributed by atoms with E-state index in [0.717, 1.165) is 6.42 Å².